The summed E-state index contributed by atoms with van der Waals surface area (Å²) in [5.41, 5.74) is -0.0713. The second-order valence-corrected chi connectivity index (χ2v) is 5.77. The van der Waals surface area contributed by atoms with E-state index in [2.05, 4.69) is 45.1 Å². The molecule has 3 nitrogen and oxygen atoms in total. The maximum absolute atomic E-state index is 6.27. The van der Waals surface area contributed by atoms with E-state index >= 15 is 0 Å². The SMILES string of the molecule is CNC1CCC(C)(CN(C)C)OC1(C)C. The lowest BCUT2D eigenvalue weighted by Gasteiger charge is -2.49. The fraction of sp³-hybridized carbons (Fsp3) is 1.00. The zero-order valence-corrected chi connectivity index (χ0v) is 11.1. The second-order valence-electron chi connectivity index (χ2n) is 5.77. The number of nitrogens with zero attached hydrogens (tertiary/aromatic N) is 1. The van der Waals surface area contributed by atoms with E-state index in [0.717, 1.165) is 13.0 Å². The van der Waals surface area contributed by atoms with Gasteiger partial charge in [0.1, 0.15) is 0 Å². The first kappa shape index (κ1) is 12.9. The van der Waals surface area contributed by atoms with Crippen LogP contribution in [-0.2, 0) is 4.74 Å². The molecule has 0 aromatic rings. The van der Waals surface area contributed by atoms with E-state index in [1.165, 1.54) is 6.42 Å². The van der Waals surface area contributed by atoms with Crippen molar-refractivity contribution in [3.8, 4) is 0 Å². The summed E-state index contributed by atoms with van der Waals surface area (Å²) < 4.78 is 6.27. The molecule has 90 valence electrons. The number of hydrogen-bond acceptors (Lipinski definition) is 3. The highest BCUT2D eigenvalue weighted by Gasteiger charge is 2.43. The summed E-state index contributed by atoms with van der Waals surface area (Å²) in [4.78, 5) is 2.20. The first-order valence-corrected chi connectivity index (χ1v) is 5.81. The van der Waals surface area contributed by atoms with Crippen molar-refractivity contribution in [2.45, 2.75) is 50.9 Å². The van der Waals surface area contributed by atoms with Crippen molar-refractivity contribution < 1.29 is 4.74 Å². The Bertz CT molecular complexity index is 216. The zero-order chi connectivity index (χ0) is 11.7. The van der Waals surface area contributed by atoms with E-state index in [9.17, 15) is 0 Å². The van der Waals surface area contributed by atoms with Crippen molar-refractivity contribution in [1.29, 1.82) is 0 Å². The molecule has 1 N–H and O–H groups in total. The van der Waals surface area contributed by atoms with Crippen molar-refractivity contribution in [3.05, 3.63) is 0 Å². The summed E-state index contributed by atoms with van der Waals surface area (Å²) >= 11 is 0. The van der Waals surface area contributed by atoms with Gasteiger partial charge in [0.05, 0.1) is 11.2 Å². The van der Waals surface area contributed by atoms with Gasteiger partial charge in [-0.3, -0.25) is 0 Å². The monoisotopic (exact) mass is 214 g/mol. The first-order valence-electron chi connectivity index (χ1n) is 5.81. The summed E-state index contributed by atoms with van der Waals surface area (Å²) in [5.74, 6) is 0. The fourth-order valence-electron chi connectivity index (χ4n) is 2.83. The predicted octanol–water partition coefficient (Wildman–Crippen LogP) is 1.48. The molecule has 0 aromatic heterocycles. The molecule has 0 saturated carbocycles. The van der Waals surface area contributed by atoms with Gasteiger partial charge in [0.2, 0.25) is 0 Å². The lowest BCUT2D eigenvalue weighted by Crippen LogP contribution is -2.58. The fourth-order valence-corrected chi connectivity index (χ4v) is 2.83. The van der Waals surface area contributed by atoms with Crippen molar-refractivity contribution in [1.82, 2.24) is 10.2 Å². The van der Waals surface area contributed by atoms with Gasteiger partial charge in [-0.1, -0.05) is 0 Å². The predicted molar refractivity (Wildman–Crippen MR) is 64.2 cm³/mol. The number of ether oxygens (including phenoxy) is 1. The van der Waals surface area contributed by atoms with Gasteiger partial charge in [-0.05, 0) is 54.8 Å². The molecule has 15 heavy (non-hydrogen) atoms. The molecule has 0 spiro atoms. The summed E-state index contributed by atoms with van der Waals surface area (Å²) in [7, 11) is 6.22. The van der Waals surface area contributed by atoms with E-state index in [-0.39, 0.29) is 11.2 Å². The quantitative estimate of drug-likeness (QED) is 0.770. The number of nitrogens with one attached hydrogen (secondary N) is 1. The lowest BCUT2D eigenvalue weighted by molar-refractivity contribution is -0.183. The Labute approximate surface area is 94.2 Å². The Morgan fingerprint density at radius 2 is 1.93 bits per heavy atom. The summed E-state index contributed by atoms with van der Waals surface area (Å²) in [6.07, 6.45) is 2.31. The van der Waals surface area contributed by atoms with Crippen LogP contribution in [0.2, 0.25) is 0 Å². The van der Waals surface area contributed by atoms with Crippen LogP contribution in [-0.4, -0.2) is 49.8 Å². The smallest absolute Gasteiger partial charge is 0.0789 e. The Balaban J connectivity index is 2.67. The van der Waals surface area contributed by atoms with Gasteiger partial charge >= 0.3 is 0 Å². The Morgan fingerprint density at radius 1 is 1.33 bits per heavy atom. The zero-order valence-electron chi connectivity index (χ0n) is 11.1. The highest BCUT2D eigenvalue weighted by atomic mass is 16.5. The minimum Gasteiger partial charge on any atom is -0.366 e. The van der Waals surface area contributed by atoms with Gasteiger partial charge in [0.25, 0.3) is 0 Å². The van der Waals surface area contributed by atoms with Crippen molar-refractivity contribution in [2.75, 3.05) is 27.7 Å². The number of hydrogen-bond donors (Lipinski definition) is 1. The molecule has 1 aliphatic heterocycles. The molecule has 2 unspecified atom stereocenters. The van der Waals surface area contributed by atoms with Crippen LogP contribution in [0.4, 0.5) is 0 Å². The van der Waals surface area contributed by atoms with Crippen LogP contribution in [0.3, 0.4) is 0 Å². The van der Waals surface area contributed by atoms with E-state index < -0.39 is 0 Å². The van der Waals surface area contributed by atoms with Crippen LogP contribution in [0.1, 0.15) is 33.6 Å². The molecule has 0 amide bonds. The standard InChI is InChI=1S/C12H26N2O/c1-11(2)10(13-4)7-8-12(3,15-11)9-14(5)6/h10,13H,7-9H2,1-6H3. The Hall–Kier alpha value is -0.120. The van der Waals surface area contributed by atoms with E-state index in [0.29, 0.717) is 6.04 Å². The first-order chi connectivity index (χ1) is 6.79. The van der Waals surface area contributed by atoms with Crippen LogP contribution < -0.4 is 5.32 Å². The molecular weight excluding hydrogens is 188 g/mol. The maximum atomic E-state index is 6.27. The summed E-state index contributed by atoms with van der Waals surface area (Å²) in [5, 5.41) is 3.35. The Kier molecular flexibility index (Phi) is 3.80. The molecule has 3 heteroatoms. The van der Waals surface area contributed by atoms with Gasteiger partial charge in [-0.15, -0.1) is 0 Å². The second kappa shape index (κ2) is 4.40. The average Bonchev–Trinajstić information content (AvgIpc) is 1.99. The minimum atomic E-state index is -0.0717. The molecule has 0 bridgehead atoms. The van der Waals surface area contributed by atoms with Crippen molar-refractivity contribution in [2.24, 2.45) is 0 Å². The van der Waals surface area contributed by atoms with Crippen molar-refractivity contribution in [3.63, 3.8) is 0 Å². The number of likely N-dealkylation sites (N-methyl/N-ethyl adjacent to an activating group) is 2. The maximum Gasteiger partial charge on any atom is 0.0789 e. The molecular formula is C12H26N2O. The van der Waals surface area contributed by atoms with Crippen molar-refractivity contribution >= 4 is 0 Å². The molecule has 0 radical (unpaired) electrons. The van der Waals surface area contributed by atoms with Crippen LogP contribution in [0.15, 0.2) is 0 Å². The topological polar surface area (TPSA) is 24.5 Å². The Morgan fingerprint density at radius 3 is 2.33 bits per heavy atom. The van der Waals surface area contributed by atoms with E-state index in [1.807, 2.05) is 7.05 Å². The van der Waals surface area contributed by atoms with Gasteiger partial charge in [0, 0.05) is 12.6 Å². The molecule has 1 aliphatic rings. The third kappa shape index (κ3) is 3.16. The molecule has 1 rings (SSSR count). The van der Waals surface area contributed by atoms with Gasteiger partial charge in [-0.2, -0.15) is 0 Å². The molecule has 0 aliphatic carbocycles. The minimum absolute atomic E-state index is 0.000347. The molecule has 0 aromatic carbocycles. The third-order valence-electron chi connectivity index (χ3n) is 3.31. The lowest BCUT2D eigenvalue weighted by atomic mass is 9.83. The normalized spacial score (nSPS) is 35.8. The highest BCUT2D eigenvalue weighted by molar-refractivity contribution is 4.96. The molecule has 2 atom stereocenters. The van der Waals surface area contributed by atoms with E-state index in [4.69, 9.17) is 4.74 Å². The van der Waals surface area contributed by atoms with Crippen LogP contribution in [0.5, 0.6) is 0 Å². The summed E-state index contributed by atoms with van der Waals surface area (Å²) in [6, 6.07) is 0.465. The number of rotatable bonds is 3. The molecule has 1 fully saturated rings. The van der Waals surface area contributed by atoms with Gasteiger partial charge in [0.15, 0.2) is 0 Å². The third-order valence-corrected chi connectivity index (χ3v) is 3.31. The average molecular weight is 214 g/mol. The van der Waals surface area contributed by atoms with Gasteiger partial charge < -0.3 is 15.0 Å². The van der Waals surface area contributed by atoms with Crippen LogP contribution >= 0.6 is 0 Å². The van der Waals surface area contributed by atoms with Crippen LogP contribution in [0, 0.1) is 0 Å². The molecule has 1 saturated heterocycles. The molecule has 1 heterocycles. The summed E-state index contributed by atoms with van der Waals surface area (Å²) in [6.45, 7) is 7.58. The van der Waals surface area contributed by atoms with E-state index in [1.54, 1.807) is 0 Å². The highest BCUT2D eigenvalue weighted by Crippen LogP contribution is 2.35. The van der Waals surface area contributed by atoms with Gasteiger partial charge in [-0.25, -0.2) is 0 Å². The largest absolute Gasteiger partial charge is 0.366 e. The van der Waals surface area contributed by atoms with Crippen LogP contribution in [0.25, 0.3) is 0 Å².